The van der Waals surface area contributed by atoms with E-state index in [-0.39, 0.29) is 5.92 Å². The van der Waals surface area contributed by atoms with E-state index >= 15 is 0 Å². The van der Waals surface area contributed by atoms with E-state index in [0.29, 0.717) is 10.3 Å². The first-order valence-corrected chi connectivity index (χ1v) is 11.5. The van der Waals surface area contributed by atoms with Crippen LogP contribution in [0, 0.1) is 5.92 Å². The molecule has 1 fully saturated rings. The van der Waals surface area contributed by atoms with Crippen molar-refractivity contribution in [2.45, 2.75) is 30.1 Å². The maximum atomic E-state index is 6.05. The third kappa shape index (κ3) is 4.57. The standard InChI is InChI=1S/C20H22ClN3OS2/c1-26-14-2-3-16(22-11-14)15(10-13-6-8-25-9-7-13)17-4-5-18(24-17)20-23-12-19(21)27-20/h2-5,11-13,15,24H,6-10H2,1H3. The molecule has 27 heavy (non-hydrogen) atoms. The molecule has 1 aliphatic heterocycles. The maximum absolute atomic E-state index is 6.05. The van der Waals surface area contributed by atoms with Gasteiger partial charge in [-0.3, -0.25) is 4.98 Å². The fraction of sp³-hybridized carbons (Fsp3) is 0.400. The number of halogens is 1. The number of nitrogens with one attached hydrogen (secondary N) is 1. The zero-order chi connectivity index (χ0) is 18.6. The van der Waals surface area contributed by atoms with Crippen molar-refractivity contribution in [3.8, 4) is 10.7 Å². The van der Waals surface area contributed by atoms with Crippen LogP contribution >= 0.6 is 34.7 Å². The molecule has 4 heterocycles. The average Bonchev–Trinajstić information content (AvgIpc) is 3.36. The minimum absolute atomic E-state index is 0.244. The van der Waals surface area contributed by atoms with E-state index in [2.05, 4.69) is 40.5 Å². The lowest BCUT2D eigenvalue weighted by atomic mass is 9.85. The van der Waals surface area contributed by atoms with E-state index in [9.17, 15) is 0 Å². The van der Waals surface area contributed by atoms with Gasteiger partial charge in [-0.2, -0.15) is 0 Å². The zero-order valence-corrected chi connectivity index (χ0v) is 17.5. The van der Waals surface area contributed by atoms with E-state index < -0.39 is 0 Å². The maximum Gasteiger partial charge on any atom is 0.141 e. The number of ether oxygens (including phenoxy) is 1. The topological polar surface area (TPSA) is 50.8 Å². The van der Waals surface area contributed by atoms with Gasteiger partial charge in [0.05, 0.1) is 11.9 Å². The van der Waals surface area contributed by atoms with Gasteiger partial charge in [0.1, 0.15) is 9.34 Å². The van der Waals surface area contributed by atoms with Gasteiger partial charge in [-0.05, 0) is 55.7 Å². The van der Waals surface area contributed by atoms with Crippen LogP contribution in [0.25, 0.3) is 10.7 Å². The molecule has 0 radical (unpaired) electrons. The van der Waals surface area contributed by atoms with Crippen LogP contribution in [0.1, 0.15) is 36.6 Å². The molecule has 0 saturated carbocycles. The molecule has 1 aliphatic rings. The number of hydrogen-bond donors (Lipinski definition) is 1. The first kappa shape index (κ1) is 19.0. The summed E-state index contributed by atoms with van der Waals surface area (Å²) in [5, 5.41) is 0.918. The number of hydrogen-bond acceptors (Lipinski definition) is 5. The van der Waals surface area contributed by atoms with Crippen molar-refractivity contribution in [3.63, 3.8) is 0 Å². The van der Waals surface area contributed by atoms with Crippen molar-refractivity contribution >= 4 is 34.7 Å². The van der Waals surface area contributed by atoms with Gasteiger partial charge in [-0.15, -0.1) is 23.1 Å². The number of aromatic amines is 1. The molecule has 1 N–H and O–H groups in total. The summed E-state index contributed by atoms with van der Waals surface area (Å²) in [4.78, 5) is 13.9. The van der Waals surface area contributed by atoms with Crippen LogP contribution < -0.4 is 0 Å². The second-order valence-electron chi connectivity index (χ2n) is 6.76. The Morgan fingerprint density at radius 3 is 2.74 bits per heavy atom. The Bertz CT molecular complexity index is 871. The zero-order valence-electron chi connectivity index (χ0n) is 15.2. The lowest BCUT2D eigenvalue weighted by Gasteiger charge is -2.26. The van der Waals surface area contributed by atoms with Crippen molar-refractivity contribution in [2.75, 3.05) is 19.5 Å². The molecule has 1 saturated heterocycles. The summed E-state index contributed by atoms with van der Waals surface area (Å²) < 4.78 is 6.24. The molecule has 0 aromatic carbocycles. The van der Waals surface area contributed by atoms with Crippen molar-refractivity contribution in [1.29, 1.82) is 0 Å². The first-order chi connectivity index (χ1) is 13.2. The molecule has 0 aliphatic carbocycles. The van der Waals surface area contributed by atoms with E-state index in [1.54, 1.807) is 18.0 Å². The minimum atomic E-state index is 0.244. The number of thioether (sulfide) groups is 1. The molecule has 4 nitrogen and oxygen atoms in total. The summed E-state index contributed by atoms with van der Waals surface area (Å²) in [5.74, 6) is 0.903. The van der Waals surface area contributed by atoms with Gasteiger partial charge >= 0.3 is 0 Å². The van der Waals surface area contributed by atoms with Crippen LogP contribution in [0.15, 0.2) is 41.6 Å². The summed E-state index contributed by atoms with van der Waals surface area (Å²) in [7, 11) is 0. The Morgan fingerprint density at radius 1 is 1.22 bits per heavy atom. The Labute approximate surface area is 172 Å². The second-order valence-corrected chi connectivity index (χ2v) is 9.31. The van der Waals surface area contributed by atoms with Gasteiger partial charge in [0.2, 0.25) is 0 Å². The number of pyridine rings is 1. The molecule has 4 rings (SSSR count). The summed E-state index contributed by atoms with van der Waals surface area (Å²) in [5.41, 5.74) is 3.32. The number of rotatable bonds is 6. The molecule has 0 spiro atoms. The highest BCUT2D eigenvalue weighted by atomic mass is 35.5. The van der Waals surface area contributed by atoms with Gasteiger partial charge < -0.3 is 9.72 Å². The Balaban J connectivity index is 1.63. The fourth-order valence-corrected chi connectivity index (χ4v) is 4.81. The van der Waals surface area contributed by atoms with Gasteiger partial charge in [0.15, 0.2) is 0 Å². The van der Waals surface area contributed by atoms with Crippen LogP contribution in [-0.2, 0) is 4.74 Å². The average molecular weight is 420 g/mol. The third-order valence-electron chi connectivity index (χ3n) is 5.05. The molecular formula is C20H22ClN3OS2. The lowest BCUT2D eigenvalue weighted by molar-refractivity contribution is 0.0625. The molecule has 7 heteroatoms. The smallest absolute Gasteiger partial charge is 0.141 e. The van der Waals surface area contributed by atoms with E-state index in [4.69, 9.17) is 21.3 Å². The molecule has 0 bridgehead atoms. The van der Waals surface area contributed by atoms with E-state index in [0.717, 1.165) is 48.9 Å². The van der Waals surface area contributed by atoms with Crippen molar-refractivity contribution in [3.05, 3.63) is 52.4 Å². The Morgan fingerprint density at radius 2 is 2.07 bits per heavy atom. The fourth-order valence-electron chi connectivity index (χ4n) is 3.56. The molecular weight excluding hydrogens is 398 g/mol. The minimum Gasteiger partial charge on any atom is -0.381 e. The van der Waals surface area contributed by atoms with E-state index in [1.807, 2.05) is 6.20 Å². The summed E-state index contributed by atoms with van der Waals surface area (Å²) in [6, 6.07) is 8.58. The summed E-state index contributed by atoms with van der Waals surface area (Å²) in [6.45, 7) is 1.73. The second kappa shape index (κ2) is 8.78. The Kier molecular flexibility index (Phi) is 6.18. The predicted octanol–water partition coefficient (Wildman–Crippen LogP) is 5.86. The molecule has 1 unspecified atom stereocenters. The van der Waals surface area contributed by atoms with Crippen molar-refractivity contribution in [1.82, 2.24) is 15.0 Å². The highest BCUT2D eigenvalue weighted by Crippen LogP contribution is 2.36. The molecule has 142 valence electrons. The predicted molar refractivity (Wildman–Crippen MR) is 113 cm³/mol. The van der Waals surface area contributed by atoms with Crippen molar-refractivity contribution in [2.24, 2.45) is 5.92 Å². The largest absolute Gasteiger partial charge is 0.381 e. The van der Waals surface area contributed by atoms with Crippen LogP contribution in [-0.4, -0.2) is 34.4 Å². The van der Waals surface area contributed by atoms with Crippen LogP contribution in [0.2, 0.25) is 4.34 Å². The van der Waals surface area contributed by atoms with Gasteiger partial charge in [-0.1, -0.05) is 11.6 Å². The first-order valence-electron chi connectivity index (χ1n) is 9.11. The van der Waals surface area contributed by atoms with Gasteiger partial charge in [0, 0.05) is 41.6 Å². The SMILES string of the molecule is CSc1ccc(C(CC2CCOCC2)c2ccc(-c3ncc(Cl)s3)[nH]2)nc1. The number of nitrogens with zero attached hydrogens (tertiary/aromatic N) is 2. The van der Waals surface area contributed by atoms with Gasteiger partial charge in [0.25, 0.3) is 0 Å². The van der Waals surface area contributed by atoms with Crippen molar-refractivity contribution < 1.29 is 4.74 Å². The highest BCUT2D eigenvalue weighted by Gasteiger charge is 2.24. The summed E-state index contributed by atoms with van der Waals surface area (Å²) in [6.07, 6.45) is 9.07. The quantitative estimate of drug-likeness (QED) is 0.508. The van der Waals surface area contributed by atoms with E-state index in [1.165, 1.54) is 21.9 Å². The molecule has 1 atom stereocenters. The lowest BCUT2D eigenvalue weighted by Crippen LogP contribution is -2.19. The molecule has 0 amide bonds. The highest BCUT2D eigenvalue weighted by molar-refractivity contribution is 7.98. The van der Waals surface area contributed by atoms with Crippen LogP contribution in [0.3, 0.4) is 0 Å². The molecule has 3 aromatic rings. The monoisotopic (exact) mass is 419 g/mol. The van der Waals surface area contributed by atoms with Gasteiger partial charge in [-0.25, -0.2) is 4.98 Å². The van der Waals surface area contributed by atoms with Crippen LogP contribution in [0.5, 0.6) is 0 Å². The third-order valence-corrected chi connectivity index (χ3v) is 6.91. The normalized spacial score (nSPS) is 16.5. The summed E-state index contributed by atoms with van der Waals surface area (Å²) >= 11 is 9.26. The molecule has 3 aromatic heterocycles. The number of H-pyrrole nitrogens is 1. The number of thiazole rings is 1. The number of aromatic nitrogens is 3. The Hall–Kier alpha value is -1.34. The van der Waals surface area contributed by atoms with Crippen LogP contribution in [0.4, 0.5) is 0 Å².